The van der Waals surface area contributed by atoms with E-state index in [1.807, 2.05) is 20.8 Å². The normalized spacial score (nSPS) is 16.9. The molecular formula is C13H22O4. The van der Waals surface area contributed by atoms with Gasteiger partial charge < -0.3 is 9.47 Å². The molecule has 1 rings (SSSR count). The second kappa shape index (κ2) is 6.03. The van der Waals surface area contributed by atoms with E-state index in [9.17, 15) is 9.59 Å². The average molecular weight is 242 g/mol. The zero-order valence-electron chi connectivity index (χ0n) is 11.0. The lowest BCUT2D eigenvalue weighted by Gasteiger charge is -2.19. The minimum Gasteiger partial charge on any atom is -0.465 e. The molecule has 0 saturated heterocycles. The zero-order chi connectivity index (χ0) is 12.9. The maximum atomic E-state index is 11.5. The first kappa shape index (κ1) is 14.0. The highest BCUT2D eigenvalue weighted by atomic mass is 16.6. The quantitative estimate of drug-likeness (QED) is 0.710. The van der Waals surface area contributed by atoms with Crippen molar-refractivity contribution in [1.29, 1.82) is 0 Å². The lowest BCUT2D eigenvalue weighted by atomic mass is 10.1. The van der Waals surface area contributed by atoms with Crippen LogP contribution in [0.2, 0.25) is 0 Å². The van der Waals surface area contributed by atoms with E-state index in [2.05, 4.69) is 0 Å². The van der Waals surface area contributed by atoms with Gasteiger partial charge in [0.15, 0.2) is 0 Å². The molecule has 0 aromatic carbocycles. The number of ether oxygens (including phenoxy) is 2. The monoisotopic (exact) mass is 242 g/mol. The van der Waals surface area contributed by atoms with E-state index < -0.39 is 5.60 Å². The van der Waals surface area contributed by atoms with E-state index in [0.29, 0.717) is 0 Å². The second-order valence-electron chi connectivity index (χ2n) is 5.49. The summed E-state index contributed by atoms with van der Waals surface area (Å²) < 4.78 is 10.2. The Kier molecular flexibility index (Phi) is 4.97. The molecule has 4 nitrogen and oxygen atoms in total. The summed E-state index contributed by atoms with van der Waals surface area (Å²) in [5.74, 6) is -0.434. The highest BCUT2D eigenvalue weighted by Gasteiger charge is 2.24. The molecule has 98 valence electrons. The van der Waals surface area contributed by atoms with Gasteiger partial charge in [0.2, 0.25) is 0 Å². The molecule has 0 aliphatic heterocycles. The Morgan fingerprint density at radius 3 is 2.29 bits per heavy atom. The zero-order valence-corrected chi connectivity index (χ0v) is 11.0. The van der Waals surface area contributed by atoms with Crippen molar-refractivity contribution in [2.24, 2.45) is 5.92 Å². The van der Waals surface area contributed by atoms with E-state index in [0.717, 1.165) is 25.7 Å². The third-order valence-electron chi connectivity index (χ3n) is 2.66. The van der Waals surface area contributed by atoms with Gasteiger partial charge in [0.25, 0.3) is 0 Å². The van der Waals surface area contributed by atoms with Crippen LogP contribution < -0.4 is 0 Å². The Hall–Kier alpha value is -1.06. The molecule has 1 fully saturated rings. The van der Waals surface area contributed by atoms with Crippen LogP contribution in [-0.2, 0) is 19.1 Å². The molecule has 0 amide bonds. The van der Waals surface area contributed by atoms with Gasteiger partial charge in [0.1, 0.15) is 12.2 Å². The largest absolute Gasteiger partial charge is 0.465 e. The SMILES string of the molecule is CC(C)(C)OC(=O)CCOC(=O)C1CCCC1. The molecule has 0 N–H and O–H groups in total. The number of carbonyl (C=O) groups excluding carboxylic acids is 2. The van der Waals surface area contributed by atoms with E-state index in [-0.39, 0.29) is 30.9 Å². The number of rotatable bonds is 4. The highest BCUT2D eigenvalue weighted by molar-refractivity contribution is 5.74. The minimum atomic E-state index is -0.480. The summed E-state index contributed by atoms with van der Waals surface area (Å²) in [5.41, 5.74) is -0.480. The summed E-state index contributed by atoms with van der Waals surface area (Å²) >= 11 is 0. The van der Waals surface area contributed by atoms with E-state index in [4.69, 9.17) is 9.47 Å². The van der Waals surface area contributed by atoms with E-state index in [1.165, 1.54) is 0 Å². The minimum absolute atomic E-state index is 0.0497. The van der Waals surface area contributed by atoms with Crippen molar-refractivity contribution in [1.82, 2.24) is 0 Å². The van der Waals surface area contributed by atoms with Crippen LogP contribution >= 0.6 is 0 Å². The summed E-state index contributed by atoms with van der Waals surface area (Å²) in [6.07, 6.45) is 4.18. The summed E-state index contributed by atoms with van der Waals surface area (Å²) in [6.45, 7) is 5.57. The van der Waals surface area contributed by atoms with Crippen LogP contribution in [0.1, 0.15) is 52.9 Å². The molecule has 17 heavy (non-hydrogen) atoms. The van der Waals surface area contributed by atoms with Gasteiger partial charge in [-0.3, -0.25) is 9.59 Å². The standard InChI is InChI=1S/C13H22O4/c1-13(2,3)17-11(14)8-9-16-12(15)10-6-4-5-7-10/h10H,4-9H2,1-3H3. The molecular weight excluding hydrogens is 220 g/mol. The fourth-order valence-corrected chi connectivity index (χ4v) is 1.91. The van der Waals surface area contributed by atoms with Crippen molar-refractivity contribution in [3.05, 3.63) is 0 Å². The number of carbonyl (C=O) groups is 2. The molecule has 4 heteroatoms. The van der Waals surface area contributed by atoms with Crippen molar-refractivity contribution >= 4 is 11.9 Å². The van der Waals surface area contributed by atoms with Crippen LogP contribution in [0, 0.1) is 5.92 Å². The van der Waals surface area contributed by atoms with Gasteiger partial charge in [-0.25, -0.2) is 0 Å². The van der Waals surface area contributed by atoms with Gasteiger partial charge in [-0.15, -0.1) is 0 Å². The van der Waals surface area contributed by atoms with Gasteiger partial charge in [0.05, 0.1) is 12.3 Å². The van der Waals surface area contributed by atoms with Crippen molar-refractivity contribution in [3.63, 3.8) is 0 Å². The summed E-state index contributed by atoms with van der Waals surface area (Å²) in [5, 5.41) is 0. The third-order valence-corrected chi connectivity index (χ3v) is 2.66. The number of esters is 2. The maximum Gasteiger partial charge on any atom is 0.309 e. The van der Waals surface area contributed by atoms with Gasteiger partial charge in [-0.05, 0) is 33.6 Å². The molecule has 1 aliphatic carbocycles. The fraction of sp³-hybridized carbons (Fsp3) is 0.846. The Balaban J connectivity index is 2.14. The van der Waals surface area contributed by atoms with E-state index in [1.54, 1.807) is 0 Å². The van der Waals surface area contributed by atoms with Crippen molar-refractivity contribution in [2.75, 3.05) is 6.61 Å². The summed E-state index contributed by atoms with van der Waals surface area (Å²) in [4.78, 5) is 22.9. The number of hydrogen-bond acceptors (Lipinski definition) is 4. The number of hydrogen-bond donors (Lipinski definition) is 0. The van der Waals surface area contributed by atoms with Crippen LogP contribution in [0.4, 0.5) is 0 Å². The Labute approximate surface area is 103 Å². The molecule has 1 saturated carbocycles. The highest BCUT2D eigenvalue weighted by Crippen LogP contribution is 2.25. The summed E-state index contributed by atoms with van der Waals surface area (Å²) in [7, 11) is 0. The molecule has 0 unspecified atom stereocenters. The predicted molar refractivity (Wildman–Crippen MR) is 63.4 cm³/mol. The summed E-state index contributed by atoms with van der Waals surface area (Å²) in [6, 6.07) is 0. The van der Waals surface area contributed by atoms with Gasteiger partial charge in [0, 0.05) is 0 Å². The first-order valence-corrected chi connectivity index (χ1v) is 6.27. The topological polar surface area (TPSA) is 52.6 Å². The predicted octanol–water partition coefficient (Wildman–Crippen LogP) is 2.45. The van der Waals surface area contributed by atoms with Gasteiger partial charge >= 0.3 is 11.9 Å². The van der Waals surface area contributed by atoms with Crippen LogP contribution in [0.3, 0.4) is 0 Å². The Bertz CT molecular complexity index is 272. The fourth-order valence-electron chi connectivity index (χ4n) is 1.91. The first-order valence-electron chi connectivity index (χ1n) is 6.27. The Morgan fingerprint density at radius 1 is 1.18 bits per heavy atom. The van der Waals surface area contributed by atoms with Crippen molar-refractivity contribution < 1.29 is 19.1 Å². The maximum absolute atomic E-state index is 11.5. The lowest BCUT2D eigenvalue weighted by molar-refractivity contribution is -0.158. The average Bonchev–Trinajstić information content (AvgIpc) is 2.66. The smallest absolute Gasteiger partial charge is 0.309 e. The second-order valence-corrected chi connectivity index (χ2v) is 5.49. The van der Waals surface area contributed by atoms with Crippen LogP contribution in [0.5, 0.6) is 0 Å². The van der Waals surface area contributed by atoms with Crippen LogP contribution in [0.15, 0.2) is 0 Å². The Morgan fingerprint density at radius 2 is 1.76 bits per heavy atom. The van der Waals surface area contributed by atoms with Crippen LogP contribution in [-0.4, -0.2) is 24.1 Å². The molecule has 0 aromatic rings. The van der Waals surface area contributed by atoms with E-state index >= 15 is 0 Å². The molecule has 0 heterocycles. The molecule has 0 radical (unpaired) electrons. The molecule has 0 bridgehead atoms. The molecule has 0 aromatic heterocycles. The first-order chi connectivity index (χ1) is 7.88. The molecule has 1 aliphatic rings. The lowest BCUT2D eigenvalue weighted by Crippen LogP contribution is -2.25. The van der Waals surface area contributed by atoms with Crippen molar-refractivity contribution in [3.8, 4) is 0 Å². The van der Waals surface area contributed by atoms with Gasteiger partial charge in [-0.2, -0.15) is 0 Å². The molecule has 0 spiro atoms. The molecule has 0 atom stereocenters. The van der Waals surface area contributed by atoms with Gasteiger partial charge in [-0.1, -0.05) is 12.8 Å². The third kappa shape index (κ3) is 5.71. The van der Waals surface area contributed by atoms with Crippen LogP contribution in [0.25, 0.3) is 0 Å². The van der Waals surface area contributed by atoms with Crippen molar-refractivity contribution in [2.45, 2.75) is 58.5 Å².